The van der Waals surface area contributed by atoms with Crippen molar-refractivity contribution in [2.45, 2.75) is 62.2 Å². The molecule has 0 spiro atoms. The number of aliphatic hydroxyl groups is 3. The zero-order valence-electron chi connectivity index (χ0n) is 16.8. The van der Waals surface area contributed by atoms with Crippen molar-refractivity contribution in [3.05, 3.63) is 0 Å². The molecule has 190 valence electrons. The first-order valence-electron chi connectivity index (χ1n) is 9.09. The molecule has 6 N–H and O–H groups in total. The Morgan fingerprint density at radius 2 is 1.59 bits per heavy atom. The molecular formula is C14H26O17S. The summed E-state index contributed by atoms with van der Waals surface area (Å²) in [6, 6.07) is 0. The average molecular weight is 498 g/mol. The molecule has 2 aliphatic heterocycles. The van der Waals surface area contributed by atoms with Crippen molar-refractivity contribution >= 4 is 10.4 Å². The molecule has 0 radical (unpaired) electrons. The SMILES string of the molecule is CO[C@H]1OC(COOO)[C@H](O[C@@H]2OC(CO)[C@H](O)[C@H](C)C2OOO)C(O)[C@@H]1OS(=O)(=O)O. The zero-order chi connectivity index (χ0) is 24.1. The fourth-order valence-electron chi connectivity index (χ4n) is 3.44. The van der Waals surface area contributed by atoms with E-state index in [9.17, 15) is 23.7 Å². The summed E-state index contributed by atoms with van der Waals surface area (Å²) in [4.78, 5) is 9.05. The minimum absolute atomic E-state index is 0.604. The van der Waals surface area contributed by atoms with E-state index in [0.717, 1.165) is 7.11 Å². The van der Waals surface area contributed by atoms with Crippen molar-refractivity contribution < 1.29 is 81.8 Å². The van der Waals surface area contributed by atoms with Crippen LogP contribution in [0.3, 0.4) is 0 Å². The normalized spacial score (nSPS) is 41.0. The van der Waals surface area contributed by atoms with Gasteiger partial charge in [0.25, 0.3) is 0 Å². The van der Waals surface area contributed by atoms with E-state index >= 15 is 0 Å². The lowest BCUT2D eigenvalue weighted by Gasteiger charge is -2.46. The maximum Gasteiger partial charge on any atom is 0.397 e. The molecule has 10 atom stereocenters. The van der Waals surface area contributed by atoms with Crippen LogP contribution in [0.15, 0.2) is 0 Å². The van der Waals surface area contributed by atoms with Gasteiger partial charge < -0.3 is 34.3 Å². The Balaban J connectivity index is 2.32. The fraction of sp³-hybridized carbons (Fsp3) is 1.00. The van der Waals surface area contributed by atoms with E-state index in [1.54, 1.807) is 0 Å². The summed E-state index contributed by atoms with van der Waals surface area (Å²) in [5, 5.41) is 54.7. The highest BCUT2D eigenvalue weighted by molar-refractivity contribution is 7.80. The van der Waals surface area contributed by atoms with E-state index in [1.165, 1.54) is 6.92 Å². The molecular weight excluding hydrogens is 472 g/mol. The average Bonchev–Trinajstić information content (AvgIpc) is 2.74. The lowest BCUT2D eigenvalue weighted by molar-refractivity contribution is -0.532. The van der Waals surface area contributed by atoms with E-state index < -0.39 is 84.8 Å². The molecule has 2 aliphatic rings. The first-order chi connectivity index (χ1) is 15.1. The molecule has 2 heterocycles. The van der Waals surface area contributed by atoms with Gasteiger partial charge in [0.1, 0.15) is 31.0 Å². The lowest BCUT2D eigenvalue weighted by atomic mass is 9.90. The van der Waals surface area contributed by atoms with Crippen molar-refractivity contribution in [3.63, 3.8) is 0 Å². The standard InChI is InChI=1S/C14H26O17S/c1-5-8(16)6(3-15)25-14(10(5)28-31-19)27-11-7(4-24-30-18)26-13(23-2)12(9(11)17)29-32(20,21)22/h5-19H,3-4H2,1-2H3,(H,20,21,22)/t5-,6?,7?,8+,9?,10?,11-,12-,13-,14-/m0/s1. The molecule has 0 amide bonds. The third kappa shape index (κ3) is 6.70. The lowest BCUT2D eigenvalue weighted by Crippen LogP contribution is -2.64. The molecule has 0 aromatic carbocycles. The van der Waals surface area contributed by atoms with Crippen molar-refractivity contribution in [2.24, 2.45) is 5.92 Å². The maximum atomic E-state index is 11.2. The highest BCUT2D eigenvalue weighted by Gasteiger charge is 2.53. The van der Waals surface area contributed by atoms with Crippen LogP contribution < -0.4 is 0 Å². The maximum absolute atomic E-state index is 11.2. The summed E-state index contributed by atoms with van der Waals surface area (Å²) in [5.41, 5.74) is 0. The first kappa shape index (κ1) is 27.6. The smallest absolute Gasteiger partial charge is 0.394 e. The first-order valence-corrected chi connectivity index (χ1v) is 10.5. The van der Waals surface area contributed by atoms with Crippen LogP contribution in [0.2, 0.25) is 0 Å². The van der Waals surface area contributed by atoms with Crippen LogP contribution >= 0.6 is 0 Å². The molecule has 0 aromatic rings. The van der Waals surface area contributed by atoms with Crippen LogP contribution in [0.4, 0.5) is 0 Å². The summed E-state index contributed by atoms with van der Waals surface area (Å²) in [6.45, 7) is 0.203. The minimum atomic E-state index is -5.09. The van der Waals surface area contributed by atoms with Crippen LogP contribution in [0, 0.1) is 5.92 Å². The van der Waals surface area contributed by atoms with Crippen LogP contribution in [-0.2, 0) is 53.4 Å². The van der Waals surface area contributed by atoms with E-state index in [-0.39, 0.29) is 0 Å². The van der Waals surface area contributed by atoms with Gasteiger partial charge in [0, 0.05) is 13.0 Å². The molecule has 0 bridgehead atoms. The summed E-state index contributed by atoms with van der Waals surface area (Å²) >= 11 is 0. The monoisotopic (exact) mass is 498 g/mol. The van der Waals surface area contributed by atoms with Crippen molar-refractivity contribution in [3.8, 4) is 0 Å². The topological polar surface area (TPSA) is 239 Å². The van der Waals surface area contributed by atoms with Gasteiger partial charge in [0.05, 0.1) is 12.7 Å². The van der Waals surface area contributed by atoms with E-state index in [0.29, 0.717) is 0 Å². The summed E-state index contributed by atoms with van der Waals surface area (Å²) < 4.78 is 57.3. The van der Waals surface area contributed by atoms with Crippen LogP contribution in [0.5, 0.6) is 0 Å². The van der Waals surface area contributed by atoms with Gasteiger partial charge in [-0.3, -0.25) is 4.55 Å². The second kappa shape index (κ2) is 12.2. The second-order valence-electron chi connectivity index (χ2n) is 6.93. The molecule has 0 aromatic heterocycles. The van der Waals surface area contributed by atoms with Gasteiger partial charge in [0.15, 0.2) is 24.8 Å². The quantitative estimate of drug-likeness (QED) is 0.0958. The zero-order valence-corrected chi connectivity index (χ0v) is 17.6. The van der Waals surface area contributed by atoms with Gasteiger partial charge in [-0.1, -0.05) is 17.0 Å². The van der Waals surface area contributed by atoms with Gasteiger partial charge in [-0.2, -0.15) is 13.3 Å². The largest absolute Gasteiger partial charge is 0.397 e. The predicted molar refractivity (Wildman–Crippen MR) is 92.1 cm³/mol. The van der Waals surface area contributed by atoms with Gasteiger partial charge in [-0.05, 0) is 0 Å². The number of ether oxygens (including phenoxy) is 4. The number of rotatable bonds is 11. The van der Waals surface area contributed by atoms with Crippen molar-refractivity contribution in [1.82, 2.24) is 0 Å². The van der Waals surface area contributed by atoms with Crippen LogP contribution in [-0.4, -0.2) is 114 Å². The Kier molecular flexibility index (Phi) is 10.5. The van der Waals surface area contributed by atoms with Gasteiger partial charge >= 0.3 is 10.4 Å². The third-order valence-electron chi connectivity index (χ3n) is 5.01. The number of hydrogen-bond acceptors (Lipinski definition) is 16. The van der Waals surface area contributed by atoms with E-state index in [2.05, 4.69) is 24.0 Å². The van der Waals surface area contributed by atoms with Crippen LogP contribution in [0.25, 0.3) is 0 Å². The Bertz CT molecular complexity index is 662. The molecule has 32 heavy (non-hydrogen) atoms. The molecule has 2 saturated heterocycles. The van der Waals surface area contributed by atoms with Gasteiger partial charge in [-0.15, -0.1) is 0 Å². The Hall–Kier alpha value is -0.650. The molecule has 0 saturated carbocycles. The highest BCUT2D eigenvalue weighted by Crippen LogP contribution is 2.34. The highest BCUT2D eigenvalue weighted by atomic mass is 32.3. The van der Waals surface area contributed by atoms with E-state index in [4.69, 9.17) is 34.0 Å². The molecule has 0 aliphatic carbocycles. The number of aliphatic hydroxyl groups excluding tert-OH is 3. The van der Waals surface area contributed by atoms with Crippen LogP contribution in [0.1, 0.15) is 6.92 Å². The van der Waals surface area contributed by atoms with E-state index in [1.807, 2.05) is 0 Å². The third-order valence-corrected chi connectivity index (χ3v) is 5.47. The molecule has 2 rings (SSSR count). The Morgan fingerprint density at radius 3 is 2.12 bits per heavy atom. The van der Waals surface area contributed by atoms with Gasteiger partial charge in [0.2, 0.25) is 0 Å². The van der Waals surface area contributed by atoms with Gasteiger partial charge in [-0.25, -0.2) is 19.6 Å². The minimum Gasteiger partial charge on any atom is -0.394 e. The summed E-state index contributed by atoms with van der Waals surface area (Å²) in [7, 11) is -4.00. The second-order valence-corrected chi connectivity index (χ2v) is 7.98. The van der Waals surface area contributed by atoms with Crippen molar-refractivity contribution in [2.75, 3.05) is 20.3 Å². The molecule has 17 nitrogen and oxygen atoms in total. The fourth-order valence-corrected chi connectivity index (χ4v) is 3.92. The summed E-state index contributed by atoms with van der Waals surface area (Å²) in [5.74, 6) is -0.855. The molecule has 18 heteroatoms. The summed E-state index contributed by atoms with van der Waals surface area (Å²) in [6.07, 6.45) is -13.6. The number of methoxy groups -OCH3 is 1. The molecule has 4 unspecified atom stereocenters. The molecule has 2 fully saturated rings. The predicted octanol–water partition coefficient (Wildman–Crippen LogP) is -2.78. The number of hydrogen-bond donors (Lipinski definition) is 6. The van der Waals surface area contributed by atoms with Crippen molar-refractivity contribution in [1.29, 1.82) is 0 Å². The Labute approximate surface area is 181 Å². The Morgan fingerprint density at radius 1 is 0.938 bits per heavy atom.